The predicted octanol–water partition coefficient (Wildman–Crippen LogP) is 8.56. The Morgan fingerprint density at radius 2 is 1.33 bits per heavy atom. The van der Waals surface area contributed by atoms with Crippen LogP contribution in [0.3, 0.4) is 0 Å². The number of thiol groups is 1. The predicted molar refractivity (Wildman–Crippen MR) is 168 cm³/mol. The molecule has 0 aliphatic rings. The number of rotatable bonds is 11. The first-order chi connectivity index (χ1) is 18.3. The molecule has 3 aromatic rings. The Morgan fingerprint density at radius 3 is 1.77 bits per heavy atom. The van der Waals surface area contributed by atoms with Crippen LogP contribution in [0.15, 0.2) is 72.8 Å². The number of ether oxygens (including phenoxy) is 1. The van der Waals surface area contributed by atoms with Gasteiger partial charge in [-0.25, -0.2) is 0 Å². The monoisotopic (exact) mass is 563 g/mol. The molecule has 0 saturated heterocycles. The lowest BCUT2D eigenvalue weighted by Crippen LogP contribution is -2.42. The van der Waals surface area contributed by atoms with Gasteiger partial charge in [-0.2, -0.15) is 0 Å². The minimum atomic E-state index is -0.786. The van der Waals surface area contributed by atoms with Gasteiger partial charge in [0.2, 0.25) is 0 Å². The van der Waals surface area contributed by atoms with E-state index in [2.05, 4.69) is 29.2 Å². The van der Waals surface area contributed by atoms with Crippen molar-refractivity contribution in [3.63, 3.8) is 0 Å². The summed E-state index contributed by atoms with van der Waals surface area (Å²) in [6.07, 6.45) is 0.350. The zero-order valence-electron chi connectivity index (χ0n) is 24.3. The van der Waals surface area contributed by atoms with Crippen LogP contribution < -0.4 is 4.90 Å². The number of anilines is 2. The van der Waals surface area contributed by atoms with E-state index in [0.29, 0.717) is 6.42 Å². The molecular weight excluding hydrogens is 523 g/mol. The maximum absolute atomic E-state index is 13.9. The average Bonchev–Trinajstić information content (AvgIpc) is 2.87. The van der Waals surface area contributed by atoms with Crippen molar-refractivity contribution in [3.8, 4) is 0 Å². The summed E-state index contributed by atoms with van der Waals surface area (Å²) >= 11 is 6.64. The van der Waals surface area contributed by atoms with E-state index in [9.17, 15) is 9.59 Å². The van der Waals surface area contributed by atoms with Crippen molar-refractivity contribution < 1.29 is 14.3 Å². The Bertz CT molecular complexity index is 1230. The van der Waals surface area contributed by atoms with E-state index in [4.69, 9.17) is 17.4 Å². The van der Waals surface area contributed by atoms with E-state index in [1.807, 2.05) is 97.0 Å². The van der Waals surface area contributed by atoms with Gasteiger partial charge >= 0.3 is 5.97 Å². The Hall–Kier alpha value is -2.70. The summed E-state index contributed by atoms with van der Waals surface area (Å²) in [6, 6.07) is 24.3. The first-order valence-electron chi connectivity index (χ1n) is 13.2. The maximum atomic E-state index is 13.9. The molecule has 0 saturated carbocycles. The highest BCUT2D eigenvalue weighted by atomic mass is 32.2. The minimum Gasteiger partial charge on any atom is -0.469 e. The number of hydrogen-bond acceptors (Lipinski definition) is 6. The van der Waals surface area contributed by atoms with Crippen molar-refractivity contribution in [2.45, 2.75) is 64.3 Å². The quantitative estimate of drug-likeness (QED) is 0.110. The Labute approximate surface area is 243 Å². The van der Waals surface area contributed by atoms with Crippen molar-refractivity contribution in [1.29, 1.82) is 0 Å². The fourth-order valence-corrected chi connectivity index (χ4v) is 7.54. The summed E-state index contributed by atoms with van der Waals surface area (Å²) in [5.41, 5.74) is 5.02. The highest BCUT2D eigenvalue weighted by Crippen LogP contribution is 2.46. The van der Waals surface area contributed by atoms with E-state index in [1.165, 1.54) is 7.11 Å². The summed E-state index contributed by atoms with van der Waals surface area (Å²) in [4.78, 5) is 29.3. The van der Waals surface area contributed by atoms with Gasteiger partial charge in [-0.3, -0.25) is 9.59 Å². The number of ketones is 1. The second kappa shape index (κ2) is 12.6. The minimum absolute atomic E-state index is 0.0461. The van der Waals surface area contributed by atoms with Gasteiger partial charge in [-0.15, -0.1) is 24.4 Å². The summed E-state index contributed by atoms with van der Waals surface area (Å²) in [5, 5.41) is 0. The van der Waals surface area contributed by atoms with E-state index < -0.39 is 16.1 Å². The lowest BCUT2D eigenvalue weighted by molar-refractivity contribution is -0.147. The Balaban J connectivity index is 1.94. The summed E-state index contributed by atoms with van der Waals surface area (Å²) in [7, 11) is 1.41. The third-order valence-electron chi connectivity index (χ3n) is 7.26. The number of Topliss-reactive ketones (excluding diaryl/α,β-unsaturated/α-hetero) is 1. The third kappa shape index (κ3) is 7.29. The molecule has 3 rings (SSSR count). The summed E-state index contributed by atoms with van der Waals surface area (Å²) in [5.74, 6) is -0.817. The molecule has 0 aliphatic carbocycles. The van der Waals surface area contributed by atoms with E-state index in [1.54, 1.807) is 11.8 Å². The van der Waals surface area contributed by atoms with Crippen molar-refractivity contribution in [1.82, 2.24) is 0 Å². The van der Waals surface area contributed by atoms with Crippen LogP contribution in [-0.4, -0.2) is 28.3 Å². The van der Waals surface area contributed by atoms with Gasteiger partial charge in [0.1, 0.15) is 4.71 Å². The van der Waals surface area contributed by atoms with Crippen molar-refractivity contribution in [2.24, 2.45) is 11.3 Å². The van der Waals surface area contributed by atoms with Crippen molar-refractivity contribution in [3.05, 3.63) is 95.1 Å². The first-order valence-corrected chi connectivity index (χ1v) is 14.6. The van der Waals surface area contributed by atoms with Gasteiger partial charge in [0.15, 0.2) is 5.78 Å². The fourth-order valence-electron chi connectivity index (χ4n) is 5.22. The molecule has 0 radical (unpaired) electrons. The first kappa shape index (κ1) is 30.8. The summed E-state index contributed by atoms with van der Waals surface area (Å²) in [6.45, 7) is 13.9. The molecule has 0 fully saturated rings. The number of nitrogens with zero attached hydrogens (tertiary/aromatic N) is 1. The van der Waals surface area contributed by atoms with Crippen LogP contribution in [0.25, 0.3) is 0 Å². The number of benzene rings is 3. The fraction of sp³-hybridized carbons (Fsp3) is 0.394. The van der Waals surface area contributed by atoms with Crippen molar-refractivity contribution >= 4 is 47.5 Å². The molecule has 39 heavy (non-hydrogen) atoms. The zero-order valence-corrected chi connectivity index (χ0v) is 26.0. The average molecular weight is 564 g/mol. The molecular formula is C33H41NO3S2. The zero-order chi connectivity index (χ0) is 29.0. The van der Waals surface area contributed by atoms with E-state index in [-0.39, 0.29) is 16.5 Å². The lowest BCUT2D eigenvalue weighted by Gasteiger charge is -2.40. The molecule has 0 heterocycles. The molecule has 0 bridgehead atoms. The SMILES string of the molecule is COC(=O)C(CC(C)(C)C(=O)c1c(C)cc(C)cc1C)C(C)(C)SC(S)N(c1ccccc1)c1ccccc1. The number of para-hydroxylation sites is 2. The van der Waals surface area contributed by atoms with E-state index >= 15 is 0 Å². The number of methoxy groups -OCH3 is 1. The molecule has 2 atom stereocenters. The van der Waals surface area contributed by atoms with Crippen molar-refractivity contribution in [2.75, 3.05) is 12.0 Å². The second-order valence-electron chi connectivity index (χ2n) is 11.4. The van der Waals surface area contributed by atoms with Crippen LogP contribution in [0.5, 0.6) is 0 Å². The molecule has 3 aromatic carbocycles. The van der Waals surface area contributed by atoms with Crippen LogP contribution in [0, 0.1) is 32.1 Å². The van der Waals surface area contributed by atoms with Crippen LogP contribution in [0.1, 0.15) is 61.2 Å². The van der Waals surface area contributed by atoms with E-state index in [0.717, 1.165) is 33.6 Å². The Kier molecular flexibility index (Phi) is 10.0. The highest BCUT2D eigenvalue weighted by Gasteiger charge is 2.45. The summed E-state index contributed by atoms with van der Waals surface area (Å²) < 4.78 is 4.39. The molecule has 208 valence electrons. The molecule has 0 amide bonds. The third-order valence-corrected chi connectivity index (χ3v) is 9.12. The highest BCUT2D eigenvalue weighted by molar-refractivity contribution is 8.11. The molecule has 0 aliphatic heterocycles. The molecule has 2 unspecified atom stereocenters. The van der Waals surface area contributed by atoms with Gasteiger partial charge < -0.3 is 9.64 Å². The number of esters is 1. The topological polar surface area (TPSA) is 46.6 Å². The van der Waals surface area contributed by atoms with Gasteiger partial charge in [-0.05, 0) is 76.4 Å². The van der Waals surface area contributed by atoms with Crippen LogP contribution in [-0.2, 0) is 9.53 Å². The lowest BCUT2D eigenvalue weighted by atomic mass is 9.72. The van der Waals surface area contributed by atoms with Gasteiger partial charge in [-0.1, -0.05) is 67.9 Å². The number of carbonyl (C=O) groups excluding carboxylic acids is 2. The number of hydrogen-bond donors (Lipinski definition) is 1. The van der Waals surface area contributed by atoms with Crippen LogP contribution in [0.4, 0.5) is 11.4 Å². The largest absolute Gasteiger partial charge is 0.469 e. The smallest absolute Gasteiger partial charge is 0.310 e. The second-order valence-corrected chi connectivity index (χ2v) is 13.9. The molecule has 0 aromatic heterocycles. The van der Waals surface area contributed by atoms with Crippen LogP contribution >= 0.6 is 24.4 Å². The molecule has 6 heteroatoms. The molecule has 0 N–H and O–H groups in total. The number of thioether (sulfide) groups is 1. The van der Waals surface area contributed by atoms with Gasteiger partial charge in [0.05, 0.1) is 13.0 Å². The Morgan fingerprint density at radius 1 is 0.872 bits per heavy atom. The van der Waals surface area contributed by atoms with Crippen LogP contribution in [0.2, 0.25) is 0 Å². The maximum Gasteiger partial charge on any atom is 0.310 e. The standard InChI is InChI=1S/C33H41NO3S2/c1-22-19-23(2)28(24(3)20-22)29(35)32(4,5)21-27(30(36)37-8)33(6,7)39-31(38)34(25-15-11-9-12-16-25)26-17-13-10-14-18-26/h9-20,27,31,38H,21H2,1-8H3. The van der Waals surface area contributed by atoms with Gasteiger partial charge in [0, 0.05) is 27.1 Å². The van der Waals surface area contributed by atoms with Gasteiger partial charge in [0.25, 0.3) is 0 Å². The molecule has 4 nitrogen and oxygen atoms in total. The normalized spacial score (nSPS) is 13.5. The number of carbonyl (C=O) groups is 2. The number of aryl methyl sites for hydroxylation is 3. The molecule has 0 spiro atoms.